The third-order valence-corrected chi connectivity index (χ3v) is 4.13. The van der Waals surface area contributed by atoms with Gasteiger partial charge in [-0.05, 0) is 12.8 Å². The molecule has 2 aliphatic rings. The maximum atomic E-state index is 12.4. The molecule has 1 unspecified atom stereocenters. The molecule has 0 aromatic rings. The second-order valence-electron chi connectivity index (χ2n) is 5.68. The number of rotatable bonds is 3. The van der Waals surface area contributed by atoms with Crippen molar-refractivity contribution in [2.45, 2.75) is 50.1 Å². The number of hydrogen-bond donors (Lipinski definition) is 2. The SMILES string of the molecule is NC(=O)C1COCCN1C(=O)CC1(N)CCCCC1. The molecular formula is C13H23N3O3. The summed E-state index contributed by atoms with van der Waals surface area (Å²) in [5.74, 6) is -0.584. The molecule has 0 aromatic heterocycles. The lowest BCUT2D eigenvalue weighted by Crippen LogP contribution is -2.57. The van der Waals surface area contributed by atoms with Crippen molar-refractivity contribution >= 4 is 11.8 Å². The van der Waals surface area contributed by atoms with Gasteiger partial charge in [0.15, 0.2) is 0 Å². The van der Waals surface area contributed by atoms with Crippen LogP contribution in [-0.4, -0.2) is 48.1 Å². The van der Waals surface area contributed by atoms with Crippen LogP contribution in [0.2, 0.25) is 0 Å². The third kappa shape index (κ3) is 3.45. The van der Waals surface area contributed by atoms with Crippen LogP contribution < -0.4 is 11.5 Å². The van der Waals surface area contributed by atoms with Crippen molar-refractivity contribution in [3.63, 3.8) is 0 Å². The lowest BCUT2D eigenvalue weighted by Gasteiger charge is -2.38. The van der Waals surface area contributed by atoms with Crippen molar-refractivity contribution in [2.75, 3.05) is 19.8 Å². The average molecular weight is 269 g/mol. The minimum Gasteiger partial charge on any atom is -0.377 e. The molecule has 1 aliphatic carbocycles. The monoisotopic (exact) mass is 269 g/mol. The Balaban J connectivity index is 1.99. The maximum Gasteiger partial charge on any atom is 0.242 e. The highest BCUT2D eigenvalue weighted by molar-refractivity contribution is 5.87. The Bertz CT molecular complexity index is 353. The molecule has 1 heterocycles. The molecule has 1 saturated heterocycles. The molecule has 2 fully saturated rings. The number of ether oxygens (including phenoxy) is 1. The standard InChI is InChI=1S/C13H23N3O3/c14-12(18)10-9-19-7-6-16(10)11(17)8-13(15)4-2-1-3-5-13/h10H,1-9,15H2,(H2,14,18). The highest BCUT2D eigenvalue weighted by Crippen LogP contribution is 2.29. The van der Waals surface area contributed by atoms with Crippen LogP contribution in [0, 0.1) is 0 Å². The van der Waals surface area contributed by atoms with Gasteiger partial charge in [0.05, 0.1) is 13.2 Å². The summed E-state index contributed by atoms with van der Waals surface area (Å²) in [5, 5.41) is 0. The van der Waals surface area contributed by atoms with Gasteiger partial charge in [0.2, 0.25) is 11.8 Å². The van der Waals surface area contributed by atoms with Gasteiger partial charge in [0.1, 0.15) is 6.04 Å². The maximum absolute atomic E-state index is 12.4. The van der Waals surface area contributed by atoms with Gasteiger partial charge in [0.25, 0.3) is 0 Å². The first-order valence-electron chi connectivity index (χ1n) is 6.97. The molecule has 0 aromatic carbocycles. The molecule has 1 atom stereocenters. The molecular weight excluding hydrogens is 246 g/mol. The van der Waals surface area contributed by atoms with E-state index in [2.05, 4.69) is 0 Å². The van der Waals surface area contributed by atoms with E-state index in [1.807, 2.05) is 0 Å². The fourth-order valence-electron chi connectivity index (χ4n) is 2.97. The van der Waals surface area contributed by atoms with Crippen LogP contribution in [-0.2, 0) is 14.3 Å². The van der Waals surface area contributed by atoms with Crippen LogP contribution in [0.3, 0.4) is 0 Å². The Labute approximate surface area is 113 Å². The van der Waals surface area contributed by atoms with Gasteiger partial charge in [0, 0.05) is 18.5 Å². The van der Waals surface area contributed by atoms with Gasteiger partial charge in [-0.25, -0.2) is 0 Å². The van der Waals surface area contributed by atoms with E-state index in [0.717, 1.165) is 25.7 Å². The number of hydrogen-bond acceptors (Lipinski definition) is 4. The summed E-state index contributed by atoms with van der Waals surface area (Å²) in [7, 11) is 0. The van der Waals surface area contributed by atoms with Crippen LogP contribution in [0.4, 0.5) is 0 Å². The van der Waals surface area contributed by atoms with E-state index in [-0.39, 0.29) is 12.5 Å². The lowest BCUT2D eigenvalue weighted by molar-refractivity contribution is -0.148. The molecule has 0 radical (unpaired) electrons. The normalized spacial score (nSPS) is 27.0. The second kappa shape index (κ2) is 5.88. The Morgan fingerprint density at radius 2 is 1.95 bits per heavy atom. The molecule has 0 spiro atoms. The van der Waals surface area contributed by atoms with E-state index in [4.69, 9.17) is 16.2 Å². The minimum absolute atomic E-state index is 0.0727. The Morgan fingerprint density at radius 3 is 2.58 bits per heavy atom. The summed E-state index contributed by atoms with van der Waals surface area (Å²) >= 11 is 0. The van der Waals surface area contributed by atoms with Crippen LogP contribution in [0.5, 0.6) is 0 Å². The van der Waals surface area contributed by atoms with Crippen molar-refractivity contribution in [3.05, 3.63) is 0 Å². The number of amides is 2. The lowest BCUT2D eigenvalue weighted by atomic mass is 9.80. The molecule has 19 heavy (non-hydrogen) atoms. The highest BCUT2D eigenvalue weighted by Gasteiger charge is 2.36. The van der Waals surface area contributed by atoms with Crippen molar-refractivity contribution in [1.82, 2.24) is 4.90 Å². The molecule has 0 bridgehead atoms. The molecule has 108 valence electrons. The predicted molar refractivity (Wildman–Crippen MR) is 70.1 cm³/mol. The summed E-state index contributed by atoms with van der Waals surface area (Å²) in [6.07, 6.45) is 5.40. The van der Waals surface area contributed by atoms with Crippen LogP contribution in [0.1, 0.15) is 38.5 Å². The zero-order valence-corrected chi connectivity index (χ0v) is 11.3. The van der Waals surface area contributed by atoms with Crippen LogP contribution in [0.15, 0.2) is 0 Å². The Hall–Kier alpha value is -1.14. The van der Waals surface area contributed by atoms with E-state index in [1.54, 1.807) is 0 Å². The number of nitrogens with two attached hydrogens (primary N) is 2. The third-order valence-electron chi connectivity index (χ3n) is 4.13. The van der Waals surface area contributed by atoms with Crippen molar-refractivity contribution in [2.24, 2.45) is 11.5 Å². The Kier molecular flexibility index (Phi) is 4.42. The molecule has 4 N–H and O–H groups in total. The minimum atomic E-state index is -0.645. The van der Waals surface area contributed by atoms with Crippen LogP contribution in [0.25, 0.3) is 0 Å². The van der Waals surface area contributed by atoms with E-state index in [9.17, 15) is 9.59 Å². The zero-order valence-electron chi connectivity index (χ0n) is 11.3. The second-order valence-corrected chi connectivity index (χ2v) is 5.68. The molecule has 2 rings (SSSR count). The molecule has 1 aliphatic heterocycles. The smallest absolute Gasteiger partial charge is 0.242 e. The van der Waals surface area contributed by atoms with E-state index < -0.39 is 17.5 Å². The fraction of sp³-hybridized carbons (Fsp3) is 0.846. The van der Waals surface area contributed by atoms with Crippen LogP contribution >= 0.6 is 0 Å². The van der Waals surface area contributed by atoms with E-state index in [1.165, 1.54) is 11.3 Å². The number of morpholine rings is 1. The van der Waals surface area contributed by atoms with Crippen molar-refractivity contribution in [3.8, 4) is 0 Å². The van der Waals surface area contributed by atoms with Gasteiger partial charge in [-0.2, -0.15) is 0 Å². The van der Waals surface area contributed by atoms with Gasteiger partial charge in [-0.1, -0.05) is 19.3 Å². The van der Waals surface area contributed by atoms with Gasteiger partial charge in [-0.15, -0.1) is 0 Å². The number of carbonyl (C=O) groups excluding carboxylic acids is 2. The highest BCUT2D eigenvalue weighted by atomic mass is 16.5. The summed E-state index contributed by atoms with van der Waals surface area (Å²) < 4.78 is 5.21. The summed E-state index contributed by atoms with van der Waals surface area (Å²) in [6, 6.07) is -0.645. The summed E-state index contributed by atoms with van der Waals surface area (Å²) in [5.41, 5.74) is 11.2. The molecule has 6 nitrogen and oxygen atoms in total. The van der Waals surface area contributed by atoms with E-state index in [0.29, 0.717) is 19.6 Å². The molecule has 6 heteroatoms. The molecule has 2 amide bonds. The number of carbonyl (C=O) groups is 2. The quantitative estimate of drug-likeness (QED) is 0.738. The summed E-state index contributed by atoms with van der Waals surface area (Å²) in [4.78, 5) is 25.3. The van der Waals surface area contributed by atoms with Gasteiger partial charge in [-0.3, -0.25) is 9.59 Å². The first kappa shape index (κ1) is 14.3. The van der Waals surface area contributed by atoms with Crippen molar-refractivity contribution in [1.29, 1.82) is 0 Å². The van der Waals surface area contributed by atoms with Gasteiger partial charge >= 0.3 is 0 Å². The van der Waals surface area contributed by atoms with Crippen molar-refractivity contribution < 1.29 is 14.3 Å². The van der Waals surface area contributed by atoms with Gasteiger partial charge < -0.3 is 21.1 Å². The predicted octanol–water partition coefficient (Wildman–Crippen LogP) is -0.249. The largest absolute Gasteiger partial charge is 0.377 e. The molecule has 1 saturated carbocycles. The fourth-order valence-corrected chi connectivity index (χ4v) is 2.97. The number of nitrogens with zero attached hydrogens (tertiary/aromatic N) is 1. The first-order valence-corrected chi connectivity index (χ1v) is 6.97. The average Bonchev–Trinajstić information content (AvgIpc) is 2.39. The summed E-state index contributed by atoms with van der Waals surface area (Å²) in [6.45, 7) is 1.06. The van der Waals surface area contributed by atoms with E-state index >= 15 is 0 Å². The Morgan fingerprint density at radius 1 is 1.26 bits per heavy atom. The number of primary amides is 1. The first-order chi connectivity index (χ1) is 9.02. The zero-order chi connectivity index (χ0) is 13.9. The topological polar surface area (TPSA) is 98.7 Å².